The first-order valence-corrected chi connectivity index (χ1v) is 7.58. The SMILES string of the molecule is Cc1ccc(-c2noc(CSc3ccccc3N)n2)cc1. The highest BCUT2D eigenvalue weighted by Gasteiger charge is 2.09. The molecule has 0 bridgehead atoms. The number of anilines is 1. The topological polar surface area (TPSA) is 64.9 Å². The van der Waals surface area contributed by atoms with Gasteiger partial charge in [-0.05, 0) is 19.1 Å². The summed E-state index contributed by atoms with van der Waals surface area (Å²) in [6, 6.07) is 15.8. The van der Waals surface area contributed by atoms with E-state index in [1.54, 1.807) is 11.8 Å². The molecule has 4 nitrogen and oxygen atoms in total. The van der Waals surface area contributed by atoms with E-state index in [-0.39, 0.29) is 0 Å². The number of nitrogens with zero attached hydrogens (tertiary/aromatic N) is 2. The van der Waals surface area contributed by atoms with Gasteiger partial charge in [0, 0.05) is 16.1 Å². The van der Waals surface area contributed by atoms with Gasteiger partial charge >= 0.3 is 0 Å². The second-order valence-corrected chi connectivity index (χ2v) is 5.72. The van der Waals surface area contributed by atoms with Crippen molar-refractivity contribution in [2.45, 2.75) is 17.6 Å². The highest BCUT2D eigenvalue weighted by molar-refractivity contribution is 7.98. The zero-order valence-corrected chi connectivity index (χ0v) is 12.4. The van der Waals surface area contributed by atoms with Crippen molar-refractivity contribution in [3.05, 3.63) is 60.0 Å². The maximum atomic E-state index is 5.91. The molecule has 0 fully saturated rings. The lowest BCUT2D eigenvalue weighted by Gasteiger charge is -2.01. The maximum absolute atomic E-state index is 5.91. The highest BCUT2D eigenvalue weighted by Crippen LogP contribution is 2.27. The van der Waals surface area contributed by atoms with Crippen LogP contribution < -0.4 is 5.73 Å². The molecule has 1 heterocycles. The second kappa shape index (κ2) is 6.01. The number of aromatic nitrogens is 2. The molecule has 0 aliphatic carbocycles. The van der Waals surface area contributed by atoms with E-state index in [0.29, 0.717) is 17.5 Å². The summed E-state index contributed by atoms with van der Waals surface area (Å²) in [5, 5.41) is 4.02. The molecule has 0 unspecified atom stereocenters. The molecule has 0 amide bonds. The Balaban J connectivity index is 1.71. The number of nitrogen functional groups attached to an aromatic ring is 1. The number of aryl methyl sites for hydroxylation is 1. The summed E-state index contributed by atoms with van der Waals surface area (Å²) in [5.41, 5.74) is 8.84. The normalized spacial score (nSPS) is 10.7. The third-order valence-corrected chi connectivity index (χ3v) is 4.12. The van der Waals surface area contributed by atoms with Gasteiger partial charge in [0.25, 0.3) is 0 Å². The smallest absolute Gasteiger partial charge is 0.237 e. The molecule has 0 spiro atoms. The van der Waals surface area contributed by atoms with Crippen molar-refractivity contribution < 1.29 is 4.52 Å². The van der Waals surface area contributed by atoms with Crippen LogP contribution in [0.4, 0.5) is 5.69 Å². The van der Waals surface area contributed by atoms with Crippen LogP contribution in [-0.2, 0) is 5.75 Å². The van der Waals surface area contributed by atoms with Gasteiger partial charge in [0.15, 0.2) is 0 Å². The van der Waals surface area contributed by atoms with Crippen LogP contribution in [0, 0.1) is 6.92 Å². The largest absolute Gasteiger partial charge is 0.398 e. The number of para-hydroxylation sites is 1. The van der Waals surface area contributed by atoms with Crippen LogP contribution in [0.3, 0.4) is 0 Å². The van der Waals surface area contributed by atoms with E-state index in [4.69, 9.17) is 10.3 Å². The molecule has 106 valence electrons. The monoisotopic (exact) mass is 297 g/mol. The summed E-state index contributed by atoms with van der Waals surface area (Å²) in [6.07, 6.45) is 0. The van der Waals surface area contributed by atoms with Crippen molar-refractivity contribution in [3.8, 4) is 11.4 Å². The Kier molecular flexibility index (Phi) is 3.92. The molecule has 0 aliphatic heterocycles. The van der Waals surface area contributed by atoms with E-state index >= 15 is 0 Å². The summed E-state index contributed by atoms with van der Waals surface area (Å²) < 4.78 is 5.29. The zero-order valence-electron chi connectivity index (χ0n) is 11.6. The van der Waals surface area contributed by atoms with E-state index in [9.17, 15) is 0 Å². The van der Waals surface area contributed by atoms with E-state index < -0.39 is 0 Å². The standard InChI is InChI=1S/C16H15N3OS/c1-11-6-8-12(9-7-11)16-18-15(20-19-16)10-21-14-5-3-2-4-13(14)17/h2-9H,10,17H2,1H3. The Morgan fingerprint density at radius 3 is 2.62 bits per heavy atom. The molecule has 3 rings (SSSR count). The van der Waals surface area contributed by atoms with Crippen molar-refractivity contribution in [2.75, 3.05) is 5.73 Å². The lowest BCUT2D eigenvalue weighted by molar-refractivity contribution is 0.391. The predicted molar refractivity (Wildman–Crippen MR) is 84.9 cm³/mol. The molecule has 0 saturated carbocycles. The third kappa shape index (κ3) is 3.25. The van der Waals surface area contributed by atoms with Gasteiger partial charge in [-0.15, -0.1) is 11.8 Å². The Hall–Kier alpha value is -2.27. The Bertz CT molecular complexity index is 737. The van der Waals surface area contributed by atoms with Gasteiger partial charge in [-0.3, -0.25) is 0 Å². The summed E-state index contributed by atoms with van der Waals surface area (Å²) in [7, 11) is 0. The lowest BCUT2D eigenvalue weighted by atomic mass is 10.1. The summed E-state index contributed by atoms with van der Waals surface area (Å²) in [5.74, 6) is 1.82. The van der Waals surface area contributed by atoms with Gasteiger partial charge < -0.3 is 10.3 Å². The van der Waals surface area contributed by atoms with Crippen molar-refractivity contribution >= 4 is 17.4 Å². The summed E-state index contributed by atoms with van der Waals surface area (Å²) >= 11 is 1.59. The minimum atomic E-state index is 0.596. The molecule has 2 aromatic carbocycles. The molecule has 0 saturated heterocycles. The zero-order chi connectivity index (χ0) is 14.7. The van der Waals surface area contributed by atoms with E-state index in [0.717, 1.165) is 16.1 Å². The fourth-order valence-corrected chi connectivity index (χ4v) is 2.69. The fraction of sp³-hybridized carbons (Fsp3) is 0.125. The molecule has 1 aromatic heterocycles. The number of benzene rings is 2. The van der Waals surface area contributed by atoms with E-state index in [1.807, 2.05) is 55.5 Å². The molecule has 3 aromatic rings. The molecule has 2 N–H and O–H groups in total. The van der Waals surface area contributed by atoms with Crippen LogP contribution >= 0.6 is 11.8 Å². The van der Waals surface area contributed by atoms with E-state index in [1.165, 1.54) is 5.56 Å². The van der Waals surface area contributed by atoms with Crippen molar-refractivity contribution in [3.63, 3.8) is 0 Å². The quantitative estimate of drug-likeness (QED) is 0.584. The average molecular weight is 297 g/mol. The second-order valence-electron chi connectivity index (χ2n) is 4.70. The Labute approximate surface area is 127 Å². The van der Waals surface area contributed by atoms with Crippen LogP contribution in [0.15, 0.2) is 57.9 Å². The van der Waals surface area contributed by atoms with Crippen LogP contribution in [-0.4, -0.2) is 10.1 Å². The van der Waals surface area contributed by atoms with Crippen LogP contribution in [0.2, 0.25) is 0 Å². The van der Waals surface area contributed by atoms with Gasteiger partial charge in [-0.1, -0.05) is 47.1 Å². The van der Waals surface area contributed by atoms with Crippen LogP contribution in [0.5, 0.6) is 0 Å². The minimum absolute atomic E-state index is 0.596. The number of thioether (sulfide) groups is 1. The van der Waals surface area contributed by atoms with Gasteiger partial charge in [0.1, 0.15) is 0 Å². The van der Waals surface area contributed by atoms with Crippen LogP contribution in [0.1, 0.15) is 11.5 Å². The first-order chi connectivity index (χ1) is 10.2. The van der Waals surface area contributed by atoms with Crippen molar-refractivity contribution in [2.24, 2.45) is 0 Å². The fourth-order valence-electron chi connectivity index (χ4n) is 1.88. The van der Waals surface area contributed by atoms with Gasteiger partial charge in [0.05, 0.1) is 5.75 Å². The van der Waals surface area contributed by atoms with Crippen molar-refractivity contribution in [1.82, 2.24) is 10.1 Å². The van der Waals surface area contributed by atoms with Crippen LogP contribution in [0.25, 0.3) is 11.4 Å². The molecular weight excluding hydrogens is 282 g/mol. The summed E-state index contributed by atoms with van der Waals surface area (Å²) in [6.45, 7) is 2.05. The van der Waals surface area contributed by atoms with E-state index in [2.05, 4.69) is 10.1 Å². The molecule has 0 radical (unpaired) electrons. The average Bonchev–Trinajstić information content (AvgIpc) is 2.96. The van der Waals surface area contributed by atoms with Gasteiger partial charge in [0.2, 0.25) is 11.7 Å². The molecular formula is C16H15N3OS. The maximum Gasteiger partial charge on any atom is 0.237 e. The molecule has 21 heavy (non-hydrogen) atoms. The number of nitrogens with two attached hydrogens (primary N) is 1. The summed E-state index contributed by atoms with van der Waals surface area (Å²) in [4.78, 5) is 5.44. The number of hydrogen-bond acceptors (Lipinski definition) is 5. The first-order valence-electron chi connectivity index (χ1n) is 6.59. The minimum Gasteiger partial charge on any atom is -0.398 e. The first kappa shape index (κ1) is 13.7. The molecule has 0 atom stereocenters. The molecule has 5 heteroatoms. The molecule has 0 aliphatic rings. The van der Waals surface area contributed by atoms with Gasteiger partial charge in [-0.25, -0.2) is 0 Å². The Morgan fingerprint density at radius 2 is 1.86 bits per heavy atom. The highest BCUT2D eigenvalue weighted by atomic mass is 32.2. The predicted octanol–water partition coefficient (Wildman–Crippen LogP) is 3.92. The third-order valence-electron chi connectivity index (χ3n) is 3.05. The Morgan fingerprint density at radius 1 is 1.10 bits per heavy atom. The van der Waals surface area contributed by atoms with Gasteiger partial charge in [-0.2, -0.15) is 4.98 Å². The number of rotatable bonds is 4. The lowest BCUT2D eigenvalue weighted by Crippen LogP contribution is -1.88. The number of hydrogen-bond donors (Lipinski definition) is 1. The van der Waals surface area contributed by atoms with Crippen molar-refractivity contribution in [1.29, 1.82) is 0 Å².